The zero-order valence-electron chi connectivity index (χ0n) is 14.6. The summed E-state index contributed by atoms with van der Waals surface area (Å²) in [7, 11) is 0. The van der Waals surface area contributed by atoms with E-state index in [9.17, 15) is 14.4 Å². The highest BCUT2D eigenvalue weighted by Crippen LogP contribution is 2.46. The number of carbonyl (C=O) groups is 3. The van der Waals surface area contributed by atoms with E-state index in [4.69, 9.17) is 0 Å². The predicted molar refractivity (Wildman–Crippen MR) is 98.2 cm³/mol. The Kier molecular flexibility index (Phi) is 3.62. The van der Waals surface area contributed by atoms with Gasteiger partial charge in [0.25, 0.3) is 11.8 Å². The van der Waals surface area contributed by atoms with Crippen LogP contribution in [-0.2, 0) is 4.79 Å². The van der Waals surface area contributed by atoms with E-state index in [1.54, 1.807) is 24.3 Å². The number of carbonyl (C=O) groups excluding carboxylic acids is 3. The molecular weight excluding hydrogens is 342 g/mol. The average molecular weight is 361 g/mol. The van der Waals surface area contributed by atoms with Crippen molar-refractivity contribution < 1.29 is 14.4 Å². The molecule has 0 bridgehead atoms. The van der Waals surface area contributed by atoms with E-state index in [-0.39, 0.29) is 18.5 Å². The molecule has 0 unspecified atom stereocenters. The Morgan fingerprint density at radius 2 is 1.59 bits per heavy atom. The minimum absolute atomic E-state index is 0.0936. The third kappa shape index (κ3) is 2.40. The SMILES string of the molecule is O=C(CN1C(=O)c2ccccc2C1=O)N[C@H]1c2ccccc2[C@@H]2CNC[C@@H]21. The first-order valence-corrected chi connectivity index (χ1v) is 9.19. The molecule has 3 aliphatic rings. The Morgan fingerprint density at radius 3 is 2.30 bits per heavy atom. The summed E-state index contributed by atoms with van der Waals surface area (Å²) in [5, 5.41) is 6.47. The molecule has 136 valence electrons. The van der Waals surface area contributed by atoms with Crippen molar-refractivity contribution in [1.82, 2.24) is 15.5 Å². The van der Waals surface area contributed by atoms with Crippen LogP contribution in [0.5, 0.6) is 0 Å². The van der Waals surface area contributed by atoms with Crippen LogP contribution in [0, 0.1) is 5.92 Å². The zero-order valence-corrected chi connectivity index (χ0v) is 14.6. The van der Waals surface area contributed by atoms with Crippen molar-refractivity contribution in [3.05, 3.63) is 70.8 Å². The molecule has 6 nitrogen and oxygen atoms in total. The summed E-state index contributed by atoms with van der Waals surface area (Å²) in [5.41, 5.74) is 3.14. The molecule has 0 spiro atoms. The van der Waals surface area contributed by atoms with Crippen molar-refractivity contribution in [3.8, 4) is 0 Å². The summed E-state index contributed by atoms with van der Waals surface area (Å²) in [6.07, 6.45) is 0. The molecule has 1 saturated heterocycles. The molecule has 5 rings (SSSR count). The second kappa shape index (κ2) is 6.03. The van der Waals surface area contributed by atoms with Gasteiger partial charge >= 0.3 is 0 Å². The molecule has 2 aliphatic heterocycles. The van der Waals surface area contributed by atoms with Gasteiger partial charge in [-0.25, -0.2) is 0 Å². The van der Waals surface area contributed by atoms with Gasteiger partial charge in [-0.1, -0.05) is 36.4 Å². The Balaban J connectivity index is 1.35. The molecule has 6 heteroatoms. The standard InChI is InChI=1S/C21H19N3O3/c25-18(11-24-20(26)14-7-3-4-8-15(14)21(24)27)23-19-13-6-2-1-5-12(13)16-9-22-10-17(16)19/h1-8,16-17,19,22H,9-11H2,(H,23,25)/t16-,17-,19-/m0/s1. The van der Waals surface area contributed by atoms with Crippen LogP contribution >= 0.6 is 0 Å². The van der Waals surface area contributed by atoms with Crippen LogP contribution in [0.3, 0.4) is 0 Å². The molecule has 3 amide bonds. The Hall–Kier alpha value is -2.99. The lowest BCUT2D eigenvalue weighted by Crippen LogP contribution is -2.42. The third-order valence-electron chi connectivity index (χ3n) is 5.92. The first-order chi connectivity index (χ1) is 13.1. The molecule has 27 heavy (non-hydrogen) atoms. The lowest BCUT2D eigenvalue weighted by atomic mass is 9.94. The van der Waals surface area contributed by atoms with Gasteiger partial charge in [-0.2, -0.15) is 0 Å². The third-order valence-corrected chi connectivity index (χ3v) is 5.92. The second-order valence-electron chi connectivity index (χ2n) is 7.34. The Bertz CT molecular complexity index is 936. The number of imide groups is 1. The first kappa shape index (κ1) is 16.2. The molecular formula is C21H19N3O3. The van der Waals surface area contributed by atoms with Crippen molar-refractivity contribution >= 4 is 17.7 Å². The van der Waals surface area contributed by atoms with Gasteiger partial charge < -0.3 is 10.6 Å². The van der Waals surface area contributed by atoms with E-state index >= 15 is 0 Å². The summed E-state index contributed by atoms with van der Waals surface area (Å²) in [6, 6.07) is 14.8. The smallest absolute Gasteiger partial charge is 0.262 e. The van der Waals surface area contributed by atoms with Gasteiger partial charge in [0, 0.05) is 24.9 Å². The molecule has 2 heterocycles. The molecule has 1 fully saturated rings. The lowest BCUT2D eigenvalue weighted by Gasteiger charge is -2.22. The minimum Gasteiger partial charge on any atom is -0.347 e. The van der Waals surface area contributed by atoms with Crippen LogP contribution in [0.1, 0.15) is 43.8 Å². The van der Waals surface area contributed by atoms with E-state index in [0.717, 1.165) is 23.6 Å². The molecule has 2 aromatic rings. The number of amides is 3. The van der Waals surface area contributed by atoms with Crippen molar-refractivity contribution in [3.63, 3.8) is 0 Å². The highest BCUT2D eigenvalue weighted by Gasteiger charge is 2.44. The van der Waals surface area contributed by atoms with E-state index in [0.29, 0.717) is 23.0 Å². The van der Waals surface area contributed by atoms with Crippen molar-refractivity contribution in [2.75, 3.05) is 19.6 Å². The maximum absolute atomic E-state index is 12.7. The number of nitrogens with one attached hydrogen (secondary N) is 2. The van der Waals surface area contributed by atoms with E-state index in [2.05, 4.69) is 22.8 Å². The fourth-order valence-corrected chi connectivity index (χ4v) is 4.68. The second-order valence-corrected chi connectivity index (χ2v) is 7.34. The molecule has 0 aromatic heterocycles. The number of rotatable bonds is 3. The minimum atomic E-state index is -0.405. The van der Waals surface area contributed by atoms with Crippen LogP contribution in [0.4, 0.5) is 0 Å². The summed E-state index contributed by atoms with van der Waals surface area (Å²) >= 11 is 0. The highest BCUT2D eigenvalue weighted by molar-refractivity contribution is 6.22. The van der Waals surface area contributed by atoms with Gasteiger partial charge in [0.15, 0.2) is 0 Å². The fourth-order valence-electron chi connectivity index (χ4n) is 4.68. The molecule has 0 radical (unpaired) electrons. The van der Waals surface area contributed by atoms with Crippen molar-refractivity contribution in [2.45, 2.75) is 12.0 Å². The average Bonchev–Trinajstić information content (AvgIpc) is 3.34. The zero-order chi connectivity index (χ0) is 18.5. The van der Waals surface area contributed by atoms with Crippen LogP contribution in [-0.4, -0.2) is 42.3 Å². The molecule has 3 atom stereocenters. The van der Waals surface area contributed by atoms with Gasteiger partial charge in [-0.15, -0.1) is 0 Å². The van der Waals surface area contributed by atoms with Crippen LogP contribution < -0.4 is 10.6 Å². The van der Waals surface area contributed by atoms with Gasteiger partial charge in [0.05, 0.1) is 17.2 Å². The predicted octanol–water partition coefficient (Wildman–Crippen LogP) is 1.46. The molecule has 2 N–H and O–H groups in total. The summed E-state index contributed by atoms with van der Waals surface area (Å²) in [4.78, 5) is 38.7. The van der Waals surface area contributed by atoms with Crippen molar-refractivity contribution in [1.29, 1.82) is 0 Å². The normalized spacial score (nSPS) is 25.3. The Morgan fingerprint density at radius 1 is 0.963 bits per heavy atom. The number of hydrogen-bond acceptors (Lipinski definition) is 4. The topological polar surface area (TPSA) is 78.5 Å². The first-order valence-electron chi connectivity index (χ1n) is 9.19. The summed E-state index contributed by atoms with van der Waals surface area (Å²) in [6.45, 7) is 1.50. The van der Waals surface area contributed by atoms with E-state index in [1.165, 1.54) is 5.56 Å². The number of hydrogen-bond donors (Lipinski definition) is 2. The van der Waals surface area contributed by atoms with E-state index < -0.39 is 11.8 Å². The quantitative estimate of drug-likeness (QED) is 0.812. The summed E-state index contributed by atoms with van der Waals surface area (Å²) in [5.74, 6) is -0.424. The number of fused-ring (bicyclic) bond motifs is 4. The highest BCUT2D eigenvalue weighted by atomic mass is 16.2. The van der Waals surface area contributed by atoms with Gasteiger partial charge in [0.1, 0.15) is 6.54 Å². The number of nitrogens with zero attached hydrogens (tertiary/aromatic N) is 1. The summed E-state index contributed by atoms with van der Waals surface area (Å²) < 4.78 is 0. The van der Waals surface area contributed by atoms with Crippen LogP contribution in [0.15, 0.2) is 48.5 Å². The number of benzene rings is 2. The Labute approximate surface area is 156 Å². The van der Waals surface area contributed by atoms with Crippen LogP contribution in [0.2, 0.25) is 0 Å². The molecule has 1 aliphatic carbocycles. The van der Waals surface area contributed by atoms with Crippen LogP contribution in [0.25, 0.3) is 0 Å². The lowest BCUT2D eigenvalue weighted by molar-refractivity contribution is -0.122. The molecule has 0 saturated carbocycles. The van der Waals surface area contributed by atoms with Gasteiger partial charge in [0.2, 0.25) is 5.91 Å². The monoisotopic (exact) mass is 361 g/mol. The largest absolute Gasteiger partial charge is 0.347 e. The van der Waals surface area contributed by atoms with Gasteiger partial charge in [-0.3, -0.25) is 19.3 Å². The maximum atomic E-state index is 12.7. The van der Waals surface area contributed by atoms with Gasteiger partial charge in [-0.05, 0) is 23.3 Å². The fraction of sp³-hybridized carbons (Fsp3) is 0.286. The molecule has 2 aromatic carbocycles. The van der Waals surface area contributed by atoms with Crippen molar-refractivity contribution in [2.24, 2.45) is 5.92 Å². The maximum Gasteiger partial charge on any atom is 0.262 e. The van der Waals surface area contributed by atoms with E-state index in [1.807, 2.05) is 12.1 Å².